The summed E-state index contributed by atoms with van der Waals surface area (Å²) in [6.45, 7) is 3.13. The smallest absolute Gasteiger partial charge is 0.326 e. The fourth-order valence-electron chi connectivity index (χ4n) is 2.27. The Hall–Kier alpha value is -1.56. The highest BCUT2D eigenvalue weighted by atomic mass is 79.9. The quantitative estimate of drug-likeness (QED) is 0.478. The Morgan fingerprint density at radius 2 is 2.25 bits per heavy atom. The average molecular weight is 345 g/mol. The van der Waals surface area contributed by atoms with Gasteiger partial charge in [0.15, 0.2) is 11.2 Å². The van der Waals surface area contributed by atoms with Crippen LogP contribution in [0.1, 0.15) is 15.9 Å². The molecule has 0 saturated heterocycles. The Labute approximate surface area is 122 Å². The van der Waals surface area contributed by atoms with E-state index in [1.807, 2.05) is 0 Å². The van der Waals surface area contributed by atoms with Crippen molar-refractivity contribution in [3.05, 3.63) is 46.5 Å². The molecule has 0 bridgehead atoms. The lowest BCUT2D eigenvalue weighted by molar-refractivity contribution is -0.159. The first-order chi connectivity index (χ1) is 9.45. The van der Waals surface area contributed by atoms with Gasteiger partial charge >= 0.3 is 5.97 Å². The Bertz CT molecular complexity index is 586. The summed E-state index contributed by atoms with van der Waals surface area (Å²) < 4.78 is 32.0. The number of rotatable bonds is 4. The summed E-state index contributed by atoms with van der Waals surface area (Å²) in [5.74, 6) is -2.11. The first-order valence-electron chi connectivity index (χ1n) is 5.83. The first kappa shape index (κ1) is 14.8. The normalized spacial score (nSPS) is 20.9. The second kappa shape index (κ2) is 5.44. The van der Waals surface area contributed by atoms with Crippen LogP contribution in [-0.2, 0) is 16.0 Å². The van der Waals surface area contributed by atoms with E-state index in [1.165, 1.54) is 6.08 Å². The Kier molecular flexibility index (Phi) is 4.04. The lowest BCUT2D eigenvalue weighted by Gasteiger charge is -2.23. The Morgan fingerprint density at radius 1 is 1.55 bits per heavy atom. The van der Waals surface area contributed by atoms with E-state index in [0.29, 0.717) is 10.0 Å². The van der Waals surface area contributed by atoms with Crippen LogP contribution in [0.15, 0.2) is 35.3 Å². The molecule has 0 fully saturated rings. The molecule has 0 heterocycles. The van der Waals surface area contributed by atoms with Gasteiger partial charge in [0, 0.05) is 16.5 Å². The van der Waals surface area contributed by atoms with E-state index >= 15 is 0 Å². The van der Waals surface area contributed by atoms with Crippen LogP contribution in [0.3, 0.4) is 0 Å². The molecule has 0 saturated carbocycles. The van der Waals surface area contributed by atoms with Gasteiger partial charge in [-0.05, 0) is 11.6 Å². The third kappa shape index (κ3) is 2.08. The summed E-state index contributed by atoms with van der Waals surface area (Å²) in [6.07, 6.45) is -2.22. The third-order valence-electron chi connectivity index (χ3n) is 3.27. The predicted molar refractivity (Wildman–Crippen MR) is 71.8 cm³/mol. The van der Waals surface area contributed by atoms with Crippen LogP contribution < -0.4 is 0 Å². The van der Waals surface area contributed by atoms with Crippen molar-refractivity contribution in [2.24, 2.45) is 5.41 Å². The summed E-state index contributed by atoms with van der Waals surface area (Å²) in [6, 6.07) is 4.77. The fourth-order valence-corrected chi connectivity index (χ4v) is 2.86. The van der Waals surface area contributed by atoms with E-state index in [4.69, 9.17) is 4.74 Å². The van der Waals surface area contributed by atoms with Gasteiger partial charge in [-0.2, -0.15) is 0 Å². The number of Topliss-reactive ketones (excluding diaryl/α,β-unsaturated/α-hetero) is 1. The molecule has 0 aromatic heterocycles. The summed E-state index contributed by atoms with van der Waals surface area (Å²) in [4.78, 5) is 24.3. The highest BCUT2D eigenvalue weighted by Gasteiger charge is 2.60. The lowest BCUT2D eigenvalue weighted by Crippen LogP contribution is -2.45. The minimum atomic E-state index is -3.13. The predicted octanol–water partition coefficient (Wildman–Crippen LogP) is 3.17. The number of fused-ring (bicyclic) bond motifs is 1. The molecule has 0 radical (unpaired) electrons. The minimum absolute atomic E-state index is 0.128. The standard InChI is InChI=1S/C14H11BrF2O3/c1-2-6-20-13(19)14(12(16)17)7-8-4-3-5-9(15)10(8)11(14)18/h2-5,12H,1,6-7H2. The van der Waals surface area contributed by atoms with Crippen molar-refractivity contribution in [2.45, 2.75) is 12.8 Å². The molecule has 0 amide bonds. The van der Waals surface area contributed by atoms with Gasteiger partial charge in [0.05, 0.1) is 0 Å². The zero-order valence-electron chi connectivity index (χ0n) is 10.4. The van der Waals surface area contributed by atoms with E-state index in [-0.39, 0.29) is 18.6 Å². The van der Waals surface area contributed by atoms with E-state index < -0.39 is 23.6 Å². The van der Waals surface area contributed by atoms with E-state index in [1.54, 1.807) is 18.2 Å². The van der Waals surface area contributed by atoms with Crippen molar-refractivity contribution in [1.29, 1.82) is 0 Å². The first-order valence-corrected chi connectivity index (χ1v) is 6.63. The maximum atomic E-state index is 13.5. The molecule has 0 aliphatic heterocycles. The molecule has 0 spiro atoms. The SMILES string of the molecule is C=CCOC(=O)C1(C(F)F)Cc2cccc(Br)c2C1=O. The zero-order valence-corrected chi connectivity index (χ0v) is 12.0. The molecule has 20 heavy (non-hydrogen) atoms. The number of ether oxygens (including phenoxy) is 1. The topological polar surface area (TPSA) is 43.4 Å². The average Bonchev–Trinajstić information content (AvgIpc) is 2.71. The summed E-state index contributed by atoms with van der Waals surface area (Å²) >= 11 is 3.16. The van der Waals surface area contributed by atoms with E-state index in [0.717, 1.165) is 0 Å². The molecule has 3 nitrogen and oxygen atoms in total. The number of halogens is 3. The van der Waals surface area contributed by atoms with Gasteiger partial charge in [0.25, 0.3) is 6.43 Å². The number of ketones is 1. The van der Waals surface area contributed by atoms with Crippen molar-refractivity contribution >= 4 is 27.7 Å². The number of alkyl halides is 2. The molecular formula is C14H11BrF2O3. The van der Waals surface area contributed by atoms with Crippen molar-refractivity contribution < 1.29 is 23.1 Å². The van der Waals surface area contributed by atoms with Crippen LogP contribution in [0.2, 0.25) is 0 Å². The summed E-state index contributed by atoms with van der Waals surface area (Å²) in [5.41, 5.74) is -1.90. The van der Waals surface area contributed by atoms with Crippen LogP contribution in [0, 0.1) is 5.41 Å². The minimum Gasteiger partial charge on any atom is -0.461 e. The second-order valence-corrected chi connectivity index (χ2v) is 5.29. The molecule has 1 aromatic rings. The molecule has 1 aliphatic carbocycles. The van der Waals surface area contributed by atoms with Gasteiger partial charge in [0.1, 0.15) is 6.61 Å². The maximum Gasteiger partial charge on any atom is 0.326 e. The number of esters is 1. The number of hydrogen-bond acceptors (Lipinski definition) is 3. The van der Waals surface area contributed by atoms with Crippen molar-refractivity contribution in [1.82, 2.24) is 0 Å². The molecule has 2 rings (SSSR count). The van der Waals surface area contributed by atoms with Gasteiger partial charge in [0.2, 0.25) is 0 Å². The maximum absolute atomic E-state index is 13.5. The number of hydrogen-bond donors (Lipinski definition) is 0. The molecule has 1 unspecified atom stereocenters. The molecule has 6 heteroatoms. The highest BCUT2D eigenvalue weighted by Crippen LogP contribution is 2.44. The molecule has 106 valence electrons. The number of benzene rings is 1. The zero-order chi connectivity index (χ0) is 14.9. The molecule has 0 N–H and O–H groups in total. The van der Waals surface area contributed by atoms with Gasteiger partial charge in [-0.1, -0.05) is 40.7 Å². The number of carbonyl (C=O) groups is 2. The van der Waals surface area contributed by atoms with Crippen LogP contribution in [0.25, 0.3) is 0 Å². The third-order valence-corrected chi connectivity index (χ3v) is 3.93. The largest absolute Gasteiger partial charge is 0.461 e. The Morgan fingerprint density at radius 3 is 2.80 bits per heavy atom. The van der Waals surface area contributed by atoms with E-state index in [2.05, 4.69) is 22.5 Å². The second-order valence-electron chi connectivity index (χ2n) is 4.44. The van der Waals surface area contributed by atoms with Gasteiger partial charge in [-0.3, -0.25) is 9.59 Å². The fraction of sp³-hybridized carbons (Fsp3) is 0.286. The molecule has 1 atom stereocenters. The monoisotopic (exact) mass is 344 g/mol. The van der Waals surface area contributed by atoms with Crippen molar-refractivity contribution in [3.8, 4) is 0 Å². The van der Waals surface area contributed by atoms with Gasteiger partial charge in [-0.25, -0.2) is 8.78 Å². The van der Waals surface area contributed by atoms with Crippen LogP contribution >= 0.6 is 15.9 Å². The van der Waals surface area contributed by atoms with Crippen molar-refractivity contribution in [2.75, 3.05) is 6.61 Å². The van der Waals surface area contributed by atoms with Gasteiger partial charge in [-0.15, -0.1) is 0 Å². The lowest BCUT2D eigenvalue weighted by atomic mass is 9.84. The van der Waals surface area contributed by atoms with Gasteiger partial charge < -0.3 is 4.74 Å². The van der Waals surface area contributed by atoms with Crippen LogP contribution in [0.5, 0.6) is 0 Å². The summed E-state index contributed by atoms with van der Waals surface area (Å²) in [5, 5.41) is 0. The van der Waals surface area contributed by atoms with Crippen molar-refractivity contribution in [3.63, 3.8) is 0 Å². The molecular weight excluding hydrogens is 334 g/mol. The Balaban J connectivity index is 2.48. The van der Waals surface area contributed by atoms with E-state index in [9.17, 15) is 18.4 Å². The number of carbonyl (C=O) groups excluding carboxylic acids is 2. The molecule has 1 aliphatic rings. The van der Waals surface area contributed by atoms with Crippen LogP contribution in [0.4, 0.5) is 8.78 Å². The van der Waals surface area contributed by atoms with Crippen LogP contribution in [-0.4, -0.2) is 24.8 Å². The highest BCUT2D eigenvalue weighted by molar-refractivity contribution is 9.10. The summed E-state index contributed by atoms with van der Waals surface area (Å²) in [7, 11) is 0. The molecule has 1 aromatic carbocycles.